The van der Waals surface area contributed by atoms with E-state index in [4.69, 9.17) is 9.73 Å². The summed E-state index contributed by atoms with van der Waals surface area (Å²) in [5.41, 5.74) is 1.17. The maximum absolute atomic E-state index is 11.9. The van der Waals surface area contributed by atoms with Gasteiger partial charge in [0, 0.05) is 52.0 Å². The minimum atomic E-state index is -0.226. The number of ether oxygens (including phenoxy) is 1. The van der Waals surface area contributed by atoms with Crippen LogP contribution in [-0.2, 0) is 11.3 Å². The van der Waals surface area contributed by atoms with E-state index in [1.165, 1.54) is 24.8 Å². The van der Waals surface area contributed by atoms with Crippen LogP contribution in [0.3, 0.4) is 0 Å². The third kappa shape index (κ3) is 5.98. The SMILES string of the molecule is CCNC(=NCc1ccnc(N2CCCCC2)c1)N1CCN(C(=O)OCC)CC1. The second-order valence-electron chi connectivity index (χ2n) is 7.41. The number of aliphatic imine (C=N–C) groups is 1. The van der Waals surface area contributed by atoms with Crippen molar-refractivity contribution in [2.75, 3.05) is 57.3 Å². The van der Waals surface area contributed by atoms with Crippen molar-refractivity contribution < 1.29 is 9.53 Å². The van der Waals surface area contributed by atoms with Crippen molar-refractivity contribution in [1.82, 2.24) is 20.1 Å². The first kappa shape index (κ1) is 21.2. The van der Waals surface area contributed by atoms with Gasteiger partial charge in [-0.15, -0.1) is 0 Å². The molecule has 0 unspecified atom stereocenters. The molecule has 1 amide bonds. The molecule has 0 saturated carbocycles. The lowest BCUT2D eigenvalue weighted by Gasteiger charge is -2.35. The van der Waals surface area contributed by atoms with Crippen LogP contribution >= 0.6 is 0 Å². The van der Waals surface area contributed by atoms with E-state index >= 15 is 0 Å². The highest BCUT2D eigenvalue weighted by molar-refractivity contribution is 5.80. The van der Waals surface area contributed by atoms with E-state index in [-0.39, 0.29) is 6.09 Å². The standard InChI is InChI=1S/C21H34N6O2/c1-3-22-20(26-12-14-27(15-13-26)21(28)29-4-2)24-17-18-8-9-23-19(16-18)25-10-6-5-7-11-25/h8-9,16H,3-7,10-15,17H2,1-2H3,(H,22,24). The van der Waals surface area contributed by atoms with Crippen molar-refractivity contribution in [3.63, 3.8) is 0 Å². The molecule has 8 heteroatoms. The Hall–Kier alpha value is -2.51. The number of aromatic nitrogens is 1. The number of pyridine rings is 1. The number of piperidine rings is 1. The quantitative estimate of drug-likeness (QED) is 0.602. The maximum atomic E-state index is 11.9. The van der Waals surface area contributed by atoms with Gasteiger partial charge in [0.1, 0.15) is 5.82 Å². The first-order valence-corrected chi connectivity index (χ1v) is 10.9. The highest BCUT2D eigenvalue weighted by atomic mass is 16.6. The fourth-order valence-electron chi connectivity index (χ4n) is 3.76. The Balaban J connectivity index is 1.60. The van der Waals surface area contributed by atoms with Gasteiger partial charge in [0.2, 0.25) is 0 Å². The van der Waals surface area contributed by atoms with E-state index in [0.29, 0.717) is 26.2 Å². The number of amides is 1. The summed E-state index contributed by atoms with van der Waals surface area (Å²) in [7, 11) is 0. The van der Waals surface area contributed by atoms with Gasteiger partial charge in [-0.2, -0.15) is 0 Å². The maximum Gasteiger partial charge on any atom is 0.409 e. The number of carbonyl (C=O) groups excluding carboxylic acids is 1. The number of carbonyl (C=O) groups is 1. The molecule has 3 rings (SSSR count). The van der Waals surface area contributed by atoms with Crippen LogP contribution in [0.4, 0.5) is 10.6 Å². The second-order valence-corrected chi connectivity index (χ2v) is 7.41. The number of hydrogen-bond acceptors (Lipinski definition) is 5. The van der Waals surface area contributed by atoms with Crippen molar-refractivity contribution in [3.05, 3.63) is 23.9 Å². The number of nitrogens with zero attached hydrogens (tertiary/aromatic N) is 5. The highest BCUT2D eigenvalue weighted by Crippen LogP contribution is 2.18. The molecule has 1 N–H and O–H groups in total. The molecule has 2 saturated heterocycles. The predicted octanol–water partition coefficient (Wildman–Crippen LogP) is 2.31. The Morgan fingerprint density at radius 2 is 1.83 bits per heavy atom. The largest absolute Gasteiger partial charge is 0.450 e. The van der Waals surface area contributed by atoms with Crippen LogP contribution in [0.15, 0.2) is 23.3 Å². The molecule has 29 heavy (non-hydrogen) atoms. The summed E-state index contributed by atoms with van der Waals surface area (Å²) in [4.78, 5) is 27.7. The fraction of sp³-hybridized carbons (Fsp3) is 0.667. The molecule has 0 radical (unpaired) electrons. The van der Waals surface area contributed by atoms with E-state index in [1.54, 1.807) is 4.90 Å². The second kappa shape index (κ2) is 10.9. The summed E-state index contributed by atoms with van der Waals surface area (Å²) >= 11 is 0. The van der Waals surface area contributed by atoms with E-state index in [1.807, 2.05) is 19.2 Å². The van der Waals surface area contributed by atoms with Crippen LogP contribution in [0.1, 0.15) is 38.7 Å². The number of guanidine groups is 1. The summed E-state index contributed by atoms with van der Waals surface area (Å²) in [6, 6.07) is 4.20. The summed E-state index contributed by atoms with van der Waals surface area (Å²) in [6.45, 7) is 10.7. The number of rotatable bonds is 5. The average Bonchev–Trinajstić information content (AvgIpc) is 2.78. The van der Waals surface area contributed by atoms with Crippen molar-refractivity contribution >= 4 is 17.9 Å². The molecule has 160 valence electrons. The molecule has 8 nitrogen and oxygen atoms in total. The summed E-state index contributed by atoms with van der Waals surface area (Å²) < 4.78 is 5.10. The molecule has 0 atom stereocenters. The number of nitrogens with one attached hydrogen (secondary N) is 1. The number of hydrogen-bond donors (Lipinski definition) is 1. The van der Waals surface area contributed by atoms with Crippen molar-refractivity contribution in [1.29, 1.82) is 0 Å². The van der Waals surface area contributed by atoms with Gasteiger partial charge in [-0.3, -0.25) is 0 Å². The Morgan fingerprint density at radius 1 is 1.10 bits per heavy atom. The van der Waals surface area contributed by atoms with Crippen LogP contribution in [0, 0.1) is 0 Å². The topological polar surface area (TPSA) is 73.3 Å². The molecule has 0 bridgehead atoms. The third-order valence-corrected chi connectivity index (χ3v) is 5.34. The first-order chi connectivity index (χ1) is 14.2. The summed E-state index contributed by atoms with van der Waals surface area (Å²) in [5, 5.41) is 3.38. The summed E-state index contributed by atoms with van der Waals surface area (Å²) in [5.74, 6) is 1.96. The Kier molecular flexibility index (Phi) is 7.95. The van der Waals surface area contributed by atoms with Gasteiger partial charge >= 0.3 is 6.09 Å². The van der Waals surface area contributed by atoms with E-state index in [0.717, 1.165) is 44.5 Å². The molecule has 1 aromatic rings. The van der Waals surface area contributed by atoms with Crippen LogP contribution < -0.4 is 10.2 Å². The van der Waals surface area contributed by atoms with Crippen LogP contribution in [-0.4, -0.2) is 79.3 Å². The molecule has 2 fully saturated rings. The lowest BCUT2D eigenvalue weighted by atomic mass is 10.1. The van der Waals surface area contributed by atoms with Crippen LogP contribution in [0.25, 0.3) is 0 Å². The molecule has 1 aromatic heterocycles. The van der Waals surface area contributed by atoms with Crippen LogP contribution in [0.2, 0.25) is 0 Å². The average molecular weight is 403 g/mol. The normalized spacial score (nSPS) is 18.0. The molecule has 0 aromatic carbocycles. The first-order valence-electron chi connectivity index (χ1n) is 10.9. The molecular formula is C21H34N6O2. The van der Waals surface area contributed by atoms with E-state index in [2.05, 4.69) is 33.1 Å². The Bertz CT molecular complexity index is 682. The predicted molar refractivity (Wildman–Crippen MR) is 115 cm³/mol. The lowest BCUT2D eigenvalue weighted by Crippen LogP contribution is -2.53. The van der Waals surface area contributed by atoms with E-state index < -0.39 is 0 Å². The minimum absolute atomic E-state index is 0.226. The smallest absolute Gasteiger partial charge is 0.409 e. The molecule has 0 aliphatic carbocycles. The fourth-order valence-corrected chi connectivity index (χ4v) is 3.76. The molecule has 3 heterocycles. The number of piperazine rings is 1. The Labute approximate surface area is 173 Å². The zero-order chi connectivity index (χ0) is 20.5. The molecule has 2 aliphatic rings. The monoisotopic (exact) mass is 402 g/mol. The van der Waals surface area contributed by atoms with Crippen LogP contribution in [0.5, 0.6) is 0 Å². The molecular weight excluding hydrogens is 368 g/mol. The van der Waals surface area contributed by atoms with Gasteiger partial charge < -0.3 is 24.8 Å². The van der Waals surface area contributed by atoms with Gasteiger partial charge in [0.15, 0.2) is 5.96 Å². The zero-order valence-electron chi connectivity index (χ0n) is 17.8. The third-order valence-electron chi connectivity index (χ3n) is 5.34. The van der Waals surface area contributed by atoms with Gasteiger partial charge in [-0.1, -0.05) is 0 Å². The summed E-state index contributed by atoms with van der Waals surface area (Å²) in [6.07, 6.45) is 5.46. The molecule has 0 spiro atoms. The van der Waals surface area contributed by atoms with Gasteiger partial charge in [0.25, 0.3) is 0 Å². The minimum Gasteiger partial charge on any atom is -0.450 e. The number of anilines is 1. The van der Waals surface area contributed by atoms with Crippen molar-refractivity contribution in [2.24, 2.45) is 4.99 Å². The Morgan fingerprint density at radius 3 is 2.52 bits per heavy atom. The van der Waals surface area contributed by atoms with Gasteiger partial charge in [0.05, 0.1) is 13.2 Å². The lowest BCUT2D eigenvalue weighted by molar-refractivity contribution is 0.0914. The van der Waals surface area contributed by atoms with Crippen molar-refractivity contribution in [2.45, 2.75) is 39.7 Å². The zero-order valence-corrected chi connectivity index (χ0v) is 17.8. The van der Waals surface area contributed by atoms with Gasteiger partial charge in [-0.25, -0.2) is 14.8 Å². The van der Waals surface area contributed by atoms with Crippen molar-refractivity contribution in [3.8, 4) is 0 Å². The highest BCUT2D eigenvalue weighted by Gasteiger charge is 2.23. The molecule has 2 aliphatic heterocycles. The van der Waals surface area contributed by atoms with Gasteiger partial charge in [-0.05, 0) is 50.8 Å². The van der Waals surface area contributed by atoms with E-state index in [9.17, 15) is 4.79 Å².